The first-order valence-corrected chi connectivity index (χ1v) is 8.63. The van der Waals surface area contributed by atoms with Crippen LogP contribution in [0, 0.1) is 0 Å². The van der Waals surface area contributed by atoms with Crippen molar-refractivity contribution in [3.05, 3.63) is 18.0 Å². The van der Waals surface area contributed by atoms with Gasteiger partial charge in [0.05, 0.1) is 6.20 Å². The molecule has 1 saturated carbocycles. The third-order valence-corrected chi connectivity index (χ3v) is 5.45. The maximum Gasteiger partial charge on any atom is 0.0522 e. The Hall–Kier alpha value is -0.870. The van der Waals surface area contributed by atoms with Gasteiger partial charge in [0.25, 0.3) is 0 Å². The second-order valence-electron chi connectivity index (χ2n) is 7.15. The van der Waals surface area contributed by atoms with Crippen molar-refractivity contribution >= 4 is 0 Å². The standard InChI is InChI=1S/C17H30N4/c1-15-6-10-18-17(8-4-3-5-9-17)14-21(15)11-7-16-12-19-20(2)13-16/h12-13,15,18H,3-11,14H2,1-2H3. The predicted molar refractivity (Wildman–Crippen MR) is 86.4 cm³/mol. The molecule has 2 heterocycles. The molecule has 1 N–H and O–H groups in total. The SMILES string of the molecule is CC1CCNC2(CCCCC2)CN1CCc1cnn(C)c1. The first-order chi connectivity index (χ1) is 10.2. The Morgan fingerprint density at radius 2 is 2.14 bits per heavy atom. The Balaban J connectivity index is 1.63. The van der Waals surface area contributed by atoms with Gasteiger partial charge in [-0.15, -0.1) is 0 Å². The molecule has 1 saturated heterocycles. The van der Waals surface area contributed by atoms with E-state index in [1.54, 1.807) is 0 Å². The molecular formula is C17H30N4. The van der Waals surface area contributed by atoms with Crippen molar-refractivity contribution in [2.45, 2.75) is 63.5 Å². The molecule has 1 aliphatic heterocycles. The van der Waals surface area contributed by atoms with Crippen molar-refractivity contribution in [2.24, 2.45) is 7.05 Å². The summed E-state index contributed by atoms with van der Waals surface area (Å²) in [5.41, 5.74) is 1.76. The van der Waals surface area contributed by atoms with Gasteiger partial charge in [0, 0.05) is 37.9 Å². The molecule has 3 rings (SSSR count). The number of aromatic nitrogens is 2. The second kappa shape index (κ2) is 6.49. The summed E-state index contributed by atoms with van der Waals surface area (Å²) < 4.78 is 1.91. The highest BCUT2D eigenvalue weighted by atomic mass is 15.2. The lowest BCUT2D eigenvalue weighted by atomic mass is 9.81. The highest BCUT2D eigenvalue weighted by Gasteiger charge is 2.36. The highest BCUT2D eigenvalue weighted by molar-refractivity contribution is 5.05. The van der Waals surface area contributed by atoms with Crippen LogP contribution in [0.4, 0.5) is 0 Å². The quantitative estimate of drug-likeness (QED) is 0.927. The number of hydrogen-bond acceptors (Lipinski definition) is 3. The van der Waals surface area contributed by atoms with Crippen LogP contribution in [0.15, 0.2) is 12.4 Å². The summed E-state index contributed by atoms with van der Waals surface area (Å²) in [7, 11) is 2.00. The number of nitrogens with one attached hydrogen (secondary N) is 1. The van der Waals surface area contributed by atoms with Crippen molar-refractivity contribution < 1.29 is 0 Å². The predicted octanol–water partition coefficient (Wildman–Crippen LogP) is 2.35. The zero-order valence-electron chi connectivity index (χ0n) is 13.6. The summed E-state index contributed by atoms with van der Waals surface area (Å²) >= 11 is 0. The number of rotatable bonds is 3. The lowest BCUT2D eigenvalue weighted by Gasteiger charge is -2.41. The summed E-state index contributed by atoms with van der Waals surface area (Å²) in [6.07, 6.45) is 13.5. The number of hydrogen-bond donors (Lipinski definition) is 1. The molecule has 21 heavy (non-hydrogen) atoms. The van der Waals surface area contributed by atoms with Gasteiger partial charge in [0.15, 0.2) is 0 Å². The second-order valence-corrected chi connectivity index (χ2v) is 7.15. The number of aryl methyl sites for hydroxylation is 1. The molecule has 4 nitrogen and oxygen atoms in total. The Bertz CT molecular complexity index is 447. The summed E-state index contributed by atoms with van der Waals surface area (Å²) in [6.45, 7) is 5.97. The molecule has 1 spiro atoms. The fourth-order valence-electron chi connectivity index (χ4n) is 4.07. The Labute approximate surface area is 128 Å². The summed E-state index contributed by atoms with van der Waals surface area (Å²) in [4.78, 5) is 2.72. The normalized spacial score (nSPS) is 26.9. The zero-order chi connectivity index (χ0) is 14.7. The minimum Gasteiger partial charge on any atom is -0.310 e. The van der Waals surface area contributed by atoms with E-state index in [2.05, 4.69) is 28.4 Å². The van der Waals surface area contributed by atoms with E-state index in [9.17, 15) is 0 Å². The Morgan fingerprint density at radius 3 is 2.86 bits per heavy atom. The fourth-order valence-corrected chi connectivity index (χ4v) is 4.07. The molecule has 2 fully saturated rings. The van der Waals surface area contributed by atoms with Gasteiger partial charge in [-0.05, 0) is 44.7 Å². The molecule has 0 amide bonds. The first-order valence-electron chi connectivity index (χ1n) is 8.63. The van der Waals surface area contributed by atoms with E-state index >= 15 is 0 Å². The van der Waals surface area contributed by atoms with Crippen molar-refractivity contribution in [2.75, 3.05) is 19.6 Å². The lowest BCUT2D eigenvalue weighted by molar-refractivity contribution is 0.139. The minimum absolute atomic E-state index is 0.401. The van der Waals surface area contributed by atoms with Gasteiger partial charge in [-0.25, -0.2) is 0 Å². The van der Waals surface area contributed by atoms with Gasteiger partial charge < -0.3 is 5.32 Å². The van der Waals surface area contributed by atoms with Crippen LogP contribution in [0.2, 0.25) is 0 Å². The Morgan fingerprint density at radius 1 is 1.33 bits per heavy atom. The van der Waals surface area contributed by atoms with Crippen molar-refractivity contribution in [1.82, 2.24) is 20.0 Å². The molecule has 1 unspecified atom stereocenters. The maximum absolute atomic E-state index is 4.29. The van der Waals surface area contributed by atoms with Gasteiger partial charge >= 0.3 is 0 Å². The molecule has 0 bridgehead atoms. The molecular weight excluding hydrogens is 260 g/mol. The van der Waals surface area contributed by atoms with E-state index in [0.717, 1.165) is 13.0 Å². The van der Waals surface area contributed by atoms with Crippen LogP contribution in [-0.2, 0) is 13.5 Å². The summed E-state index contributed by atoms with van der Waals surface area (Å²) in [5, 5.41) is 8.19. The van der Waals surface area contributed by atoms with Gasteiger partial charge in [-0.2, -0.15) is 5.10 Å². The summed E-state index contributed by atoms with van der Waals surface area (Å²) in [6, 6.07) is 0.690. The van der Waals surface area contributed by atoms with Gasteiger partial charge in [0.1, 0.15) is 0 Å². The molecule has 1 aromatic rings. The molecule has 118 valence electrons. The monoisotopic (exact) mass is 290 g/mol. The van der Waals surface area contributed by atoms with Gasteiger partial charge in [-0.1, -0.05) is 19.3 Å². The average molecular weight is 290 g/mol. The van der Waals surface area contributed by atoms with Crippen LogP contribution in [0.1, 0.15) is 51.0 Å². The van der Waals surface area contributed by atoms with E-state index < -0.39 is 0 Å². The van der Waals surface area contributed by atoms with E-state index in [1.165, 1.54) is 57.2 Å². The molecule has 0 radical (unpaired) electrons. The molecule has 1 aromatic heterocycles. The summed E-state index contributed by atoms with van der Waals surface area (Å²) in [5.74, 6) is 0. The maximum atomic E-state index is 4.29. The topological polar surface area (TPSA) is 33.1 Å². The third-order valence-electron chi connectivity index (χ3n) is 5.45. The van der Waals surface area contributed by atoms with E-state index in [-0.39, 0.29) is 0 Å². The smallest absolute Gasteiger partial charge is 0.0522 e. The van der Waals surface area contributed by atoms with Crippen LogP contribution >= 0.6 is 0 Å². The van der Waals surface area contributed by atoms with Crippen LogP contribution in [0.25, 0.3) is 0 Å². The van der Waals surface area contributed by atoms with Crippen LogP contribution < -0.4 is 5.32 Å². The highest BCUT2D eigenvalue weighted by Crippen LogP contribution is 2.31. The van der Waals surface area contributed by atoms with Crippen molar-refractivity contribution in [1.29, 1.82) is 0 Å². The first kappa shape index (κ1) is 15.0. The molecule has 2 aliphatic rings. The minimum atomic E-state index is 0.401. The van der Waals surface area contributed by atoms with Crippen LogP contribution in [0.5, 0.6) is 0 Å². The fraction of sp³-hybridized carbons (Fsp3) is 0.824. The average Bonchev–Trinajstić information content (AvgIpc) is 2.83. The van der Waals surface area contributed by atoms with E-state index in [0.29, 0.717) is 11.6 Å². The van der Waals surface area contributed by atoms with Gasteiger partial charge in [0.2, 0.25) is 0 Å². The van der Waals surface area contributed by atoms with Crippen molar-refractivity contribution in [3.63, 3.8) is 0 Å². The largest absolute Gasteiger partial charge is 0.310 e. The lowest BCUT2D eigenvalue weighted by Crippen LogP contribution is -2.53. The Kier molecular flexibility index (Phi) is 4.65. The van der Waals surface area contributed by atoms with Crippen molar-refractivity contribution in [3.8, 4) is 0 Å². The molecule has 0 aromatic carbocycles. The van der Waals surface area contributed by atoms with Crippen LogP contribution in [-0.4, -0.2) is 45.9 Å². The van der Waals surface area contributed by atoms with Gasteiger partial charge in [-0.3, -0.25) is 9.58 Å². The molecule has 4 heteroatoms. The molecule has 1 atom stereocenters. The number of nitrogens with zero attached hydrogens (tertiary/aromatic N) is 3. The zero-order valence-corrected chi connectivity index (χ0v) is 13.6. The van der Waals surface area contributed by atoms with Crippen LogP contribution in [0.3, 0.4) is 0 Å². The molecule has 1 aliphatic carbocycles. The van der Waals surface area contributed by atoms with E-state index in [4.69, 9.17) is 0 Å². The van der Waals surface area contributed by atoms with E-state index in [1.807, 2.05) is 17.9 Å². The third kappa shape index (κ3) is 3.67.